The summed E-state index contributed by atoms with van der Waals surface area (Å²) in [5.41, 5.74) is 0.0313. The fraction of sp³-hybridized carbons (Fsp3) is 0.615. The highest BCUT2D eigenvalue weighted by Gasteiger charge is 2.27. The van der Waals surface area contributed by atoms with Crippen LogP contribution in [0.25, 0.3) is 0 Å². The standard InChI is InChI=1S/C13H18N2O3/c1-8-3-4-10(5-9(8)2)18-12-11(13(16)17)6-14-7-15-12/h6-10H,3-5H2,1-2H3,(H,16,17). The van der Waals surface area contributed by atoms with Gasteiger partial charge in [-0.1, -0.05) is 13.8 Å². The third-order valence-electron chi connectivity index (χ3n) is 3.73. The van der Waals surface area contributed by atoms with Gasteiger partial charge in [-0.15, -0.1) is 0 Å². The van der Waals surface area contributed by atoms with Gasteiger partial charge in [-0.05, 0) is 31.1 Å². The molecule has 0 aliphatic heterocycles. The summed E-state index contributed by atoms with van der Waals surface area (Å²) in [6.07, 6.45) is 5.66. The van der Waals surface area contributed by atoms with E-state index in [9.17, 15) is 4.79 Å². The van der Waals surface area contributed by atoms with Gasteiger partial charge in [-0.25, -0.2) is 14.8 Å². The summed E-state index contributed by atoms with van der Waals surface area (Å²) < 4.78 is 5.73. The average Bonchev–Trinajstić information content (AvgIpc) is 2.34. The van der Waals surface area contributed by atoms with Gasteiger partial charge in [0.2, 0.25) is 5.88 Å². The molecule has 1 aliphatic rings. The van der Waals surface area contributed by atoms with Crippen LogP contribution in [0.3, 0.4) is 0 Å². The zero-order chi connectivity index (χ0) is 13.1. The predicted octanol–water partition coefficient (Wildman–Crippen LogP) is 2.38. The molecule has 0 bridgehead atoms. The van der Waals surface area contributed by atoms with E-state index in [0.29, 0.717) is 11.8 Å². The van der Waals surface area contributed by atoms with Gasteiger partial charge in [0.25, 0.3) is 0 Å². The number of ether oxygens (including phenoxy) is 1. The number of carboxylic acids is 1. The van der Waals surface area contributed by atoms with Crippen LogP contribution in [-0.4, -0.2) is 27.1 Å². The van der Waals surface area contributed by atoms with Gasteiger partial charge in [0.1, 0.15) is 18.0 Å². The molecule has 3 unspecified atom stereocenters. The third kappa shape index (κ3) is 2.78. The molecule has 1 aromatic heterocycles. The van der Waals surface area contributed by atoms with Crippen molar-refractivity contribution in [3.8, 4) is 5.88 Å². The fourth-order valence-electron chi connectivity index (χ4n) is 2.32. The molecule has 5 heteroatoms. The maximum absolute atomic E-state index is 11.0. The molecule has 18 heavy (non-hydrogen) atoms. The first-order valence-electron chi connectivity index (χ1n) is 6.28. The van der Waals surface area contributed by atoms with Gasteiger partial charge < -0.3 is 9.84 Å². The minimum absolute atomic E-state index is 0.0313. The molecule has 98 valence electrons. The lowest BCUT2D eigenvalue weighted by molar-refractivity contribution is 0.0669. The molecule has 1 heterocycles. The maximum atomic E-state index is 11.0. The first kappa shape index (κ1) is 12.8. The van der Waals surface area contributed by atoms with Gasteiger partial charge >= 0.3 is 5.97 Å². The van der Waals surface area contributed by atoms with E-state index in [2.05, 4.69) is 23.8 Å². The largest absolute Gasteiger partial charge is 0.477 e. The van der Waals surface area contributed by atoms with Crippen LogP contribution in [-0.2, 0) is 0 Å². The molecule has 0 saturated heterocycles. The topological polar surface area (TPSA) is 72.3 Å². The number of carbonyl (C=O) groups is 1. The molecule has 2 rings (SSSR count). The molecule has 1 aliphatic carbocycles. The van der Waals surface area contributed by atoms with E-state index in [1.807, 2.05) is 0 Å². The predicted molar refractivity (Wildman–Crippen MR) is 65.6 cm³/mol. The van der Waals surface area contributed by atoms with Gasteiger partial charge in [-0.2, -0.15) is 0 Å². The first-order valence-corrected chi connectivity index (χ1v) is 6.28. The number of aromatic nitrogens is 2. The van der Waals surface area contributed by atoms with E-state index in [4.69, 9.17) is 9.84 Å². The van der Waals surface area contributed by atoms with E-state index in [-0.39, 0.29) is 17.5 Å². The second-order valence-electron chi connectivity index (χ2n) is 5.05. The molecule has 0 amide bonds. The highest BCUT2D eigenvalue weighted by Crippen LogP contribution is 2.31. The van der Waals surface area contributed by atoms with Crippen molar-refractivity contribution in [2.75, 3.05) is 0 Å². The van der Waals surface area contributed by atoms with Crippen molar-refractivity contribution in [2.45, 2.75) is 39.2 Å². The molecule has 0 aromatic carbocycles. The summed E-state index contributed by atoms with van der Waals surface area (Å²) in [4.78, 5) is 18.7. The minimum atomic E-state index is -1.05. The van der Waals surface area contributed by atoms with Crippen molar-refractivity contribution >= 4 is 5.97 Å². The second kappa shape index (κ2) is 5.33. The van der Waals surface area contributed by atoms with Crippen LogP contribution >= 0.6 is 0 Å². The van der Waals surface area contributed by atoms with E-state index < -0.39 is 5.97 Å². The summed E-state index contributed by atoms with van der Waals surface area (Å²) in [6, 6.07) is 0. The highest BCUT2D eigenvalue weighted by molar-refractivity contribution is 5.89. The SMILES string of the molecule is CC1CCC(Oc2ncncc2C(=O)O)CC1C. The Kier molecular flexibility index (Phi) is 3.79. The normalized spacial score (nSPS) is 27.8. The fourth-order valence-corrected chi connectivity index (χ4v) is 2.32. The van der Waals surface area contributed by atoms with E-state index in [1.54, 1.807) is 0 Å². The van der Waals surface area contributed by atoms with Crippen molar-refractivity contribution < 1.29 is 14.6 Å². The molecular formula is C13H18N2O3. The van der Waals surface area contributed by atoms with Gasteiger partial charge in [0.05, 0.1) is 0 Å². The Morgan fingerprint density at radius 1 is 1.39 bits per heavy atom. The zero-order valence-electron chi connectivity index (χ0n) is 10.7. The molecular weight excluding hydrogens is 232 g/mol. The van der Waals surface area contributed by atoms with Crippen LogP contribution in [0.1, 0.15) is 43.5 Å². The van der Waals surface area contributed by atoms with Crippen molar-refractivity contribution in [1.82, 2.24) is 9.97 Å². The molecule has 0 radical (unpaired) electrons. The number of hydrogen-bond acceptors (Lipinski definition) is 4. The third-order valence-corrected chi connectivity index (χ3v) is 3.73. The molecule has 1 N–H and O–H groups in total. The Balaban J connectivity index is 2.08. The van der Waals surface area contributed by atoms with E-state index in [0.717, 1.165) is 19.3 Å². The molecule has 5 nitrogen and oxygen atoms in total. The molecule has 0 spiro atoms. The lowest BCUT2D eigenvalue weighted by Crippen LogP contribution is -2.29. The zero-order valence-corrected chi connectivity index (χ0v) is 10.7. The van der Waals surface area contributed by atoms with Crippen LogP contribution in [0.2, 0.25) is 0 Å². The molecule has 1 aromatic rings. The Morgan fingerprint density at radius 2 is 2.17 bits per heavy atom. The molecule has 1 saturated carbocycles. The van der Waals surface area contributed by atoms with Gasteiger partial charge in [0.15, 0.2) is 0 Å². The molecule has 1 fully saturated rings. The number of hydrogen-bond donors (Lipinski definition) is 1. The lowest BCUT2D eigenvalue weighted by atomic mass is 9.80. The summed E-state index contributed by atoms with van der Waals surface area (Å²) in [6.45, 7) is 4.45. The van der Waals surface area contributed by atoms with E-state index in [1.165, 1.54) is 12.5 Å². The number of aromatic carboxylic acids is 1. The number of nitrogens with zero attached hydrogens (tertiary/aromatic N) is 2. The number of carboxylic acid groups (broad SMARTS) is 1. The van der Waals surface area contributed by atoms with Crippen LogP contribution in [0.5, 0.6) is 5.88 Å². The van der Waals surface area contributed by atoms with Crippen LogP contribution in [0, 0.1) is 11.8 Å². The Morgan fingerprint density at radius 3 is 2.83 bits per heavy atom. The van der Waals surface area contributed by atoms with E-state index >= 15 is 0 Å². The Labute approximate surface area is 106 Å². The average molecular weight is 250 g/mol. The quantitative estimate of drug-likeness (QED) is 0.891. The van der Waals surface area contributed by atoms with Crippen LogP contribution < -0.4 is 4.74 Å². The van der Waals surface area contributed by atoms with Crippen molar-refractivity contribution in [3.63, 3.8) is 0 Å². The van der Waals surface area contributed by atoms with Crippen LogP contribution in [0.4, 0.5) is 0 Å². The van der Waals surface area contributed by atoms with Crippen LogP contribution in [0.15, 0.2) is 12.5 Å². The summed E-state index contributed by atoms with van der Waals surface area (Å²) in [5.74, 6) is 0.431. The first-order chi connectivity index (χ1) is 8.58. The smallest absolute Gasteiger partial charge is 0.342 e. The number of rotatable bonds is 3. The summed E-state index contributed by atoms with van der Waals surface area (Å²) in [7, 11) is 0. The summed E-state index contributed by atoms with van der Waals surface area (Å²) >= 11 is 0. The minimum Gasteiger partial charge on any atom is -0.477 e. The monoisotopic (exact) mass is 250 g/mol. The Hall–Kier alpha value is -1.65. The summed E-state index contributed by atoms with van der Waals surface area (Å²) in [5, 5.41) is 9.03. The maximum Gasteiger partial charge on any atom is 0.342 e. The second-order valence-corrected chi connectivity index (χ2v) is 5.05. The lowest BCUT2D eigenvalue weighted by Gasteiger charge is -2.32. The van der Waals surface area contributed by atoms with Crippen molar-refractivity contribution in [3.05, 3.63) is 18.1 Å². The van der Waals surface area contributed by atoms with Gasteiger partial charge in [-0.3, -0.25) is 0 Å². The highest BCUT2D eigenvalue weighted by atomic mass is 16.5. The molecule has 3 atom stereocenters. The van der Waals surface area contributed by atoms with Crippen molar-refractivity contribution in [1.29, 1.82) is 0 Å². The van der Waals surface area contributed by atoms with Gasteiger partial charge in [0, 0.05) is 6.20 Å². The van der Waals surface area contributed by atoms with Crippen molar-refractivity contribution in [2.24, 2.45) is 11.8 Å². The Bertz CT molecular complexity index is 436.